The summed E-state index contributed by atoms with van der Waals surface area (Å²) in [4.78, 5) is 12.8. The minimum Gasteiger partial charge on any atom is -0.310 e. The standard InChI is InChI=1S/C18H30N2O/c1-5-14(4)20-17(13(2)3)11-10-15(18(20)21)12-19-16-8-6-7-9-16/h10-11,13-14,16,19H,5-9,12H2,1-4H3. The number of nitrogens with zero attached hydrogens (tertiary/aromatic N) is 1. The maximum atomic E-state index is 12.8. The molecule has 0 spiro atoms. The van der Waals surface area contributed by atoms with Crippen molar-refractivity contribution in [3.8, 4) is 0 Å². The van der Waals surface area contributed by atoms with Gasteiger partial charge in [0.1, 0.15) is 0 Å². The average molecular weight is 290 g/mol. The zero-order valence-electron chi connectivity index (χ0n) is 14.0. The summed E-state index contributed by atoms with van der Waals surface area (Å²) < 4.78 is 2.01. The predicted molar refractivity (Wildman–Crippen MR) is 88.9 cm³/mol. The van der Waals surface area contributed by atoms with Crippen molar-refractivity contribution in [1.82, 2.24) is 9.88 Å². The van der Waals surface area contributed by atoms with Gasteiger partial charge in [-0.1, -0.05) is 39.7 Å². The van der Waals surface area contributed by atoms with Crippen LogP contribution < -0.4 is 10.9 Å². The maximum absolute atomic E-state index is 12.8. The number of pyridine rings is 1. The zero-order chi connectivity index (χ0) is 15.4. The van der Waals surface area contributed by atoms with Crippen LogP contribution in [-0.2, 0) is 6.54 Å². The van der Waals surface area contributed by atoms with Crippen LogP contribution in [0, 0.1) is 0 Å². The second-order valence-electron chi connectivity index (χ2n) is 6.73. The Balaban J connectivity index is 2.24. The third kappa shape index (κ3) is 3.76. The quantitative estimate of drug-likeness (QED) is 0.860. The molecule has 118 valence electrons. The fourth-order valence-electron chi connectivity index (χ4n) is 3.24. The molecule has 1 fully saturated rings. The molecule has 1 aromatic rings. The molecule has 1 aliphatic carbocycles. The first-order valence-corrected chi connectivity index (χ1v) is 8.52. The van der Waals surface area contributed by atoms with Crippen molar-refractivity contribution in [2.75, 3.05) is 0 Å². The van der Waals surface area contributed by atoms with Gasteiger partial charge in [-0.3, -0.25) is 4.79 Å². The zero-order valence-corrected chi connectivity index (χ0v) is 14.0. The summed E-state index contributed by atoms with van der Waals surface area (Å²) in [6.45, 7) is 9.30. The van der Waals surface area contributed by atoms with Gasteiger partial charge in [0.15, 0.2) is 0 Å². The van der Waals surface area contributed by atoms with Crippen molar-refractivity contribution < 1.29 is 0 Å². The highest BCUT2D eigenvalue weighted by Gasteiger charge is 2.17. The van der Waals surface area contributed by atoms with E-state index in [0.29, 0.717) is 18.5 Å². The number of hydrogen-bond acceptors (Lipinski definition) is 2. The van der Waals surface area contributed by atoms with Crippen LogP contribution in [0.1, 0.15) is 83.0 Å². The van der Waals surface area contributed by atoms with Crippen LogP contribution in [0.3, 0.4) is 0 Å². The van der Waals surface area contributed by atoms with Gasteiger partial charge in [-0.15, -0.1) is 0 Å². The summed E-state index contributed by atoms with van der Waals surface area (Å²) in [6.07, 6.45) is 6.13. The van der Waals surface area contributed by atoms with Gasteiger partial charge >= 0.3 is 0 Å². The van der Waals surface area contributed by atoms with Gasteiger partial charge < -0.3 is 9.88 Å². The van der Waals surface area contributed by atoms with Gasteiger partial charge in [-0.05, 0) is 38.2 Å². The number of hydrogen-bond donors (Lipinski definition) is 1. The molecule has 0 saturated heterocycles. The van der Waals surface area contributed by atoms with E-state index in [1.807, 2.05) is 10.6 Å². The highest BCUT2D eigenvalue weighted by Crippen LogP contribution is 2.20. The molecule has 0 radical (unpaired) electrons. The fraction of sp³-hybridized carbons (Fsp3) is 0.722. The van der Waals surface area contributed by atoms with Crippen molar-refractivity contribution in [3.63, 3.8) is 0 Å². The van der Waals surface area contributed by atoms with Crippen LogP contribution >= 0.6 is 0 Å². The van der Waals surface area contributed by atoms with E-state index in [4.69, 9.17) is 0 Å². The second kappa shape index (κ2) is 7.26. The number of nitrogens with one attached hydrogen (secondary N) is 1. The molecule has 0 aliphatic heterocycles. The molecule has 21 heavy (non-hydrogen) atoms. The molecular formula is C18H30N2O. The Morgan fingerprint density at radius 1 is 1.24 bits per heavy atom. The van der Waals surface area contributed by atoms with Crippen molar-refractivity contribution in [1.29, 1.82) is 0 Å². The molecule has 1 saturated carbocycles. The molecule has 1 N–H and O–H groups in total. The first-order chi connectivity index (χ1) is 10.0. The van der Waals surface area contributed by atoms with Gasteiger partial charge in [0.2, 0.25) is 0 Å². The average Bonchev–Trinajstić information content (AvgIpc) is 2.98. The molecule has 1 aromatic heterocycles. The Kier molecular flexibility index (Phi) is 5.63. The van der Waals surface area contributed by atoms with Crippen molar-refractivity contribution in [2.45, 2.75) is 84.3 Å². The summed E-state index contributed by atoms with van der Waals surface area (Å²) in [5.41, 5.74) is 2.26. The smallest absolute Gasteiger partial charge is 0.255 e. The van der Waals surface area contributed by atoms with Crippen molar-refractivity contribution in [3.05, 3.63) is 33.7 Å². The highest BCUT2D eigenvalue weighted by molar-refractivity contribution is 5.19. The van der Waals surface area contributed by atoms with Crippen molar-refractivity contribution in [2.24, 2.45) is 0 Å². The molecule has 1 atom stereocenters. The third-order valence-corrected chi connectivity index (χ3v) is 4.79. The van der Waals surface area contributed by atoms with Crippen molar-refractivity contribution >= 4 is 0 Å². The van der Waals surface area contributed by atoms with Gasteiger partial charge in [0.25, 0.3) is 5.56 Å². The second-order valence-corrected chi connectivity index (χ2v) is 6.73. The van der Waals surface area contributed by atoms with Gasteiger partial charge in [0.05, 0.1) is 0 Å². The predicted octanol–water partition coefficient (Wildman–Crippen LogP) is 3.97. The molecule has 3 nitrogen and oxygen atoms in total. The van der Waals surface area contributed by atoms with E-state index in [1.165, 1.54) is 25.7 Å². The Bertz CT molecular complexity index is 512. The van der Waals surface area contributed by atoms with Crippen LogP contribution in [0.4, 0.5) is 0 Å². The van der Waals surface area contributed by atoms with E-state index in [1.54, 1.807) is 0 Å². The minimum absolute atomic E-state index is 0.195. The molecule has 1 aliphatic rings. The molecule has 0 aromatic carbocycles. The van der Waals surface area contributed by atoms with E-state index in [0.717, 1.165) is 17.7 Å². The first-order valence-electron chi connectivity index (χ1n) is 8.52. The molecular weight excluding hydrogens is 260 g/mol. The largest absolute Gasteiger partial charge is 0.310 e. The summed E-state index contributed by atoms with van der Waals surface area (Å²) in [5, 5.41) is 3.56. The van der Waals surface area contributed by atoms with Crippen LogP contribution in [0.2, 0.25) is 0 Å². The summed E-state index contributed by atoms with van der Waals surface area (Å²) >= 11 is 0. The number of rotatable bonds is 6. The third-order valence-electron chi connectivity index (χ3n) is 4.79. The lowest BCUT2D eigenvalue weighted by Gasteiger charge is -2.22. The Labute approximate surface area is 128 Å². The minimum atomic E-state index is 0.195. The maximum Gasteiger partial charge on any atom is 0.255 e. The van der Waals surface area contributed by atoms with E-state index >= 15 is 0 Å². The summed E-state index contributed by atoms with van der Waals surface area (Å²) in [7, 11) is 0. The fourth-order valence-corrected chi connectivity index (χ4v) is 3.24. The van der Waals surface area contributed by atoms with Gasteiger partial charge in [-0.2, -0.15) is 0 Å². The Morgan fingerprint density at radius 2 is 1.90 bits per heavy atom. The van der Waals surface area contributed by atoms with Crippen LogP contribution in [-0.4, -0.2) is 10.6 Å². The molecule has 3 heteroatoms. The lowest BCUT2D eigenvalue weighted by Crippen LogP contribution is -2.33. The van der Waals surface area contributed by atoms with Gasteiger partial charge in [0, 0.05) is 29.9 Å². The number of aromatic nitrogens is 1. The van der Waals surface area contributed by atoms with Crippen LogP contribution in [0.25, 0.3) is 0 Å². The van der Waals surface area contributed by atoms with Gasteiger partial charge in [-0.25, -0.2) is 0 Å². The normalized spacial score (nSPS) is 17.6. The van der Waals surface area contributed by atoms with E-state index < -0.39 is 0 Å². The Hall–Kier alpha value is -1.09. The summed E-state index contributed by atoms with van der Waals surface area (Å²) in [5.74, 6) is 0.378. The molecule has 1 heterocycles. The van der Waals surface area contributed by atoms with Crippen LogP contribution in [0.5, 0.6) is 0 Å². The van der Waals surface area contributed by atoms with E-state index in [9.17, 15) is 4.79 Å². The SMILES string of the molecule is CCC(C)n1c(C(C)C)ccc(CNC2CCCC2)c1=O. The topological polar surface area (TPSA) is 34.0 Å². The summed E-state index contributed by atoms with van der Waals surface area (Å²) in [6, 6.07) is 5.04. The van der Waals surface area contributed by atoms with E-state index in [-0.39, 0.29) is 11.6 Å². The lowest BCUT2D eigenvalue weighted by atomic mass is 10.1. The first kappa shape index (κ1) is 16.3. The molecule has 1 unspecified atom stereocenters. The monoisotopic (exact) mass is 290 g/mol. The Morgan fingerprint density at radius 3 is 2.48 bits per heavy atom. The van der Waals surface area contributed by atoms with E-state index in [2.05, 4.69) is 39.1 Å². The molecule has 0 amide bonds. The lowest BCUT2D eigenvalue weighted by molar-refractivity contribution is 0.473. The van der Waals surface area contributed by atoms with Crippen LogP contribution in [0.15, 0.2) is 16.9 Å². The highest BCUT2D eigenvalue weighted by atomic mass is 16.1. The molecule has 2 rings (SSSR count). The molecule has 0 bridgehead atoms.